The lowest BCUT2D eigenvalue weighted by Crippen LogP contribution is -2.39. The van der Waals surface area contributed by atoms with Gasteiger partial charge in [-0.05, 0) is 61.6 Å². The number of methoxy groups -OCH3 is 1. The lowest BCUT2D eigenvalue weighted by molar-refractivity contribution is -0.120. The predicted octanol–water partition coefficient (Wildman–Crippen LogP) is 3.45. The summed E-state index contributed by atoms with van der Waals surface area (Å²) in [5, 5.41) is 0. The van der Waals surface area contributed by atoms with Crippen molar-refractivity contribution in [3.8, 4) is 5.75 Å². The van der Waals surface area contributed by atoms with Gasteiger partial charge in [0.1, 0.15) is 5.75 Å². The lowest BCUT2D eigenvalue weighted by atomic mass is 9.96. The number of nitrogens with zero attached hydrogens (tertiary/aromatic N) is 1. The fourth-order valence-electron chi connectivity index (χ4n) is 3.27. The van der Waals surface area contributed by atoms with Gasteiger partial charge in [0, 0.05) is 12.2 Å². The van der Waals surface area contributed by atoms with E-state index >= 15 is 0 Å². The van der Waals surface area contributed by atoms with Crippen molar-refractivity contribution in [3.63, 3.8) is 0 Å². The summed E-state index contributed by atoms with van der Waals surface area (Å²) in [5.74, 6) is 0.232. The largest absolute Gasteiger partial charge is 0.483 e. The fraction of sp³-hybridized carbons (Fsp3) is 0.333. The summed E-state index contributed by atoms with van der Waals surface area (Å²) >= 11 is 0. The first-order valence-corrected chi connectivity index (χ1v) is 8.72. The molecule has 0 aliphatic carbocycles. The molecular formula is C21H23NO4. The predicted molar refractivity (Wildman–Crippen MR) is 99.9 cm³/mol. The Hall–Kier alpha value is -2.82. The van der Waals surface area contributed by atoms with Crippen molar-refractivity contribution < 1.29 is 19.1 Å². The van der Waals surface area contributed by atoms with Crippen molar-refractivity contribution in [2.24, 2.45) is 0 Å². The number of hydrogen-bond acceptors (Lipinski definition) is 4. The normalized spacial score (nSPS) is 13.1. The van der Waals surface area contributed by atoms with Crippen molar-refractivity contribution in [2.45, 2.75) is 26.7 Å². The van der Waals surface area contributed by atoms with Crippen LogP contribution in [0, 0.1) is 13.8 Å². The first kappa shape index (κ1) is 18.0. The number of hydrogen-bond donors (Lipinski definition) is 0. The van der Waals surface area contributed by atoms with Crippen LogP contribution < -0.4 is 9.64 Å². The van der Waals surface area contributed by atoms with Crippen molar-refractivity contribution >= 4 is 17.6 Å². The highest BCUT2D eigenvalue weighted by molar-refractivity contribution is 5.99. The zero-order valence-corrected chi connectivity index (χ0v) is 15.4. The van der Waals surface area contributed by atoms with Gasteiger partial charge in [-0.15, -0.1) is 0 Å². The van der Waals surface area contributed by atoms with Gasteiger partial charge in [0.15, 0.2) is 6.61 Å². The van der Waals surface area contributed by atoms with Crippen LogP contribution in [0.3, 0.4) is 0 Å². The molecule has 5 nitrogen and oxygen atoms in total. The van der Waals surface area contributed by atoms with Gasteiger partial charge in [-0.25, -0.2) is 4.79 Å². The van der Waals surface area contributed by atoms with E-state index in [2.05, 4.69) is 0 Å². The molecule has 0 bridgehead atoms. The molecule has 2 aromatic rings. The second kappa shape index (κ2) is 7.60. The highest BCUT2D eigenvalue weighted by Gasteiger charge is 2.26. The summed E-state index contributed by atoms with van der Waals surface area (Å²) < 4.78 is 10.6. The van der Waals surface area contributed by atoms with Crippen LogP contribution in [0.4, 0.5) is 5.69 Å². The quantitative estimate of drug-likeness (QED) is 0.790. The van der Waals surface area contributed by atoms with Gasteiger partial charge in [0.05, 0.1) is 12.7 Å². The lowest BCUT2D eigenvalue weighted by Gasteiger charge is -2.30. The molecule has 0 fully saturated rings. The smallest absolute Gasteiger partial charge is 0.338 e. The van der Waals surface area contributed by atoms with E-state index in [-0.39, 0.29) is 18.5 Å². The third-order valence-electron chi connectivity index (χ3n) is 4.65. The number of ether oxygens (including phenoxy) is 2. The highest BCUT2D eigenvalue weighted by atomic mass is 16.5. The Morgan fingerprint density at radius 3 is 2.73 bits per heavy atom. The molecule has 1 amide bonds. The van der Waals surface area contributed by atoms with Crippen LogP contribution in [-0.4, -0.2) is 32.1 Å². The van der Waals surface area contributed by atoms with Crippen LogP contribution in [0.2, 0.25) is 0 Å². The Balaban J connectivity index is 1.80. The number of esters is 1. The Morgan fingerprint density at radius 2 is 1.96 bits per heavy atom. The number of aryl methyl sites for hydroxylation is 2. The molecule has 1 aliphatic heterocycles. The Morgan fingerprint density at radius 1 is 1.15 bits per heavy atom. The molecule has 0 radical (unpaired) electrons. The van der Waals surface area contributed by atoms with Gasteiger partial charge in [-0.1, -0.05) is 18.2 Å². The molecule has 0 atom stereocenters. The molecule has 0 saturated heterocycles. The standard InChI is InChI=1S/C21H23NO4/c1-14-9-10-15(2)19(12-14)26-13-20(23)22-11-5-7-16-17(21(24)25-3)6-4-8-18(16)22/h4,6,8-10,12H,5,7,11,13H2,1-3H3. The van der Waals surface area contributed by atoms with E-state index < -0.39 is 0 Å². The molecule has 26 heavy (non-hydrogen) atoms. The summed E-state index contributed by atoms with van der Waals surface area (Å²) in [7, 11) is 1.37. The van der Waals surface area contributed by atoms with E-state index in [0.29, 0.717) is 12.1 Å². The Labute approximate surface area is 153 Å². The summed E-state index contributed by atoms with van der Waals surface area (Å²) in [5.41, 5.74) is 4.25. The van der Waals surface area contributed by atoms with Gasteiger partial charge < -0.3 is 14.4 Å². The number of carbonyl (C=O) groups is 2. The second-order valence-electron chi connectivity index (χ2n) is 6.50. The van der Waals surface area contributed by atoms with E-state index in [1.165, 1.54) is 7.11 Å². The van der Waals surface area contributed by atoms with Crippen molar-refractivity contribution in [3.05, 3.63) is 58.7 Å². The number of carbonyl (C=O) groups excluding carboxylic acids is 2. The summed E-state index contributed by atoms with van der Waals surface area (Å²) in [6, 6.07) is 11.3. The van der Waals surface area contributed by atoms with Crippen molar-refractivity contribution in [1.82, 2.24) is 0 Å². The minimum Gasteiger partial charge on any atom is -0.483 e. The SMILES string of the molecule is COC(=O)c1cccc2c1CCCN2C(=O)COc1cc(C)ccc1C. The maximum absolute atomic E-state index is 12.8. The van der Waals surface area contributed by atoms with Crippen molar-refractivity contribution in [2.75, 3.05) is 25.2 Å². The average molecular weight is 353 g/mol. The van der Waals surface area contributed by atoms with E-state index in [9.17, 15) is 9.59 Å². The molecule has 0 N–H and O–H groups in total. The van der Waals surface area contributed by atoms with Crippen LogP contribution in [0.1, 0.15) is 33.5 Å². The molecular weight excluding hydrogens is 330 g/mol. The topological polar surface area (TPSA) is 55.8 Å². The molecule has 0 saturated carbocycles. The number of fused-ring (bicyclic) bond motifs is 1. The van der Waals surface area contributed by atoms with Gasteiger partial charge in [0.2, 0.25) is 0 Å². The second-order valence-corrected chi connectivity index (χ2v) is 6.50. The summed E-state index contributed by atoms with van der Waals surface area (Å²) in [6.07, 6.45) is 1.55. The van der Waals surface area contributed by atoms with Gasteiger partial charge in [0.25, 0.3) is 5.91 Å². The first-order valence-electron chi connectivity index (χ1n) is 8.72. The van der Waals surface area contributed by atoms with Crippen LogP contribution in [-0.2, 0) is 16.0 Å². The zero-order chi connectivity index (χ0) is 18.7. The monoisotopic (exact) mass is 353 g/mol. The molecule has 136 valence electrons. The molecule has 1 aliphatic rings. The van der Waals surface area contributed by atoms with E-state index in [0.717, 1.165) is 41.0 Å². The fourth-order valence-corrected chi connectivity index (χ4v) is 3.27. The van der Waals surface area contributed by atoms with E-state index in [1.807, 2.05) is 38.1 Å². The molecule has 2 aromatic carbocycles. The number of anilines is 1. The maximum atomic E-state index is 12.8. The number of benzene rings is 2. The molecule has 0 spiro atoms. The van der Waals surface area contributed by atoms with E-state index in [1.54, 1.807) is 17.0 Å². The Bertz CT molecular complexity index is 844. The molecule has 1 heterocycles. The highest BCUT2D eigenvalue weighted by Crippen LogP contribution is 2.30. The van der Waals surface area contributed by atoms with Crippen LogP contribution in [0.15, 0.2) is 36.4 Å². The third kappa shape index (κ3) is 3.57. The van der Waals surface area contributed by atoms with Crippen LogP contribution in [0.5, 0.6) is 5.75 Å². The Kier molecular flexibility index (Phi) is 5.26. The zero-order valence-electron chi connectivity index (χ0n) is 15.4. The van der Waals surface area contributed by atoms with Crippen LogP contribution >= 0.6 is 0 Å². The average Bonchev–Trinajstić information content (AvgIpc) is 2.66. The molecule has 5 heteroatoms. The maximum Gasteiger partial charge on any atom is 0.338 e. The summed E-state index contributed by atoms with van der Waals surface area (Å²) in [4.78, 5) is 26.5. The number of amides is 1. The van der Waals surface area contributed by atoms with E-state index in [4.69, 9.17) is 9.47 Å². The van der Waals surface area contributed by atoms with Crippen molar-refractivity contribution in [1.29, 1.82) is 0 Å². The first-order chi connectivity index (χ1) is 12.5. The van der Waals surface area contributed by atoms with Gasteiger partial charge >= 0.3 is 5.97 Å². The molecule has 3 rings (SSSR count). The van der Waals surface area contributed by atoms with Gasteiger partial charge in [-0.2, -0.15) is 0 Å². The number of rotatable bonds is 4. The molecule has 0 unspecified atom stereocenters. The third-order valence-corrected chi connectivity index (χ3v) is 4.65. The van der Waals surface area contributed by atoms with Gasteiger partial charge in [-0.3, -0.25) is 4.79 Å². The summed E-state index contributed by atoms with van der Waals surface area (Å²) in [6.45, 7) is 4.53. The minimum atomic E-state index is -0.372. The minimum absolute atomic E-state index is 0.0355. The van der Waals surface area contributed by atoms with Crippen LogP contribution in [0.25, 0.3) is 0 Å². The molecule has 0 aromatic heterocycles.